The van der Waals surface area contributed by atoms with Crippen LogP contribution in [0.15, 0.2) is 110 Å². The third kappa shape index (κ3) is 4.50. The van der Waals surface area contributed by atoms with Gasteiger partial charge in [-0.2, -0.15) is 0 Å². The molecule has 2 aliphatic rings. The average molecular weight is 559 g/mol. The van der Waals surface area contributed by atoms with Gasteiger partial charge in [-0.25, -0.2) is 0 Å². The van der Waals surface area contributed by atoms with Gasteiger partial charge in [-0.1, -0.05) is 25.7 Å². The molecule has 0 amide bonds. The summed E-state index contributed by atoms with van der Waals surface area (Å²) in [5, 5.41) is 0. The van der Waals surface area contributed by atoms with Crippen molar-refractivity contribution in [2.75, 3.05) is 0 Å². The van der Waals surface area contributed by atoms with Crippen LogP contribution in [0.1, 0.15) is 97.4 Å². The summed E-state index contributed by atoms with van der Waals surface area (Å²) in [6, 6.07) is 26.1. The molecule has 216 valence electrons. The fraction of sp³-hybridized carbons (Fsp3) is 0.333. The number of aromatic amines is 6. The second-order valence-corrected chi connectivity index (χ2v) is 12.1. The standard InChI is InChI=1S/2C18H21N3/c2*1-2-10-18(16-8-4-12-20-16,17-9-5-13-21-17)14(6-1)15-7-3-11-19-15/h2*3-5,7-9,11-14,19-21H,1-2,6,10H2/t2*14-/m00/s1. The molecule has 2 atom stereocenters. The van der Waals surface area contributed by atoms with E-state index in [4.69, 9.17) is 0 Å². The molecule has 0 unspecified atom stereocenters. The molecule has 0 bridgehead atoms. The second kappa shape index (κ2) is 11.5. The summed E-state index contributed by atoms with van der Waals surface area (Å²) < 4.78 is 0. The zero-order valence-electron chi connectivity index (χ0n) is 24.2. The molecule has 8 rings (SSSR count). The Morgan fingerprint density at radius 2 is 0.738 bits per heavy atom. The highest BCUT2D eigenvalue weighted by Gasteiger charge is 2.47. The van der Waals surface area contributed by atoms with Crippen LogP contribution in [-0.2, 0) is 10.8 Å². The third-order valence-electron chi connectivity index (χ3n) is 10.1. The van der Waals surface area contributed by atoms with Gasteiger partial charge in [0.2, 0.25) is 0 Å². The molecule has 2 fully saturated rings. The first-order valence-corrected chi connectivity index (χ1v) is 15.6. The lowest BCUT2D eigenvalue weighted by Crippen LogP contribution is -2.38. The summed E-state index contributed by atoms with van der Waals surface area (Å²) in [5.41, 5.74) is 8.03. The van der Waals surface area contributed by atoms with Crippen LogP contribution >= 0.6 is 0 Å². The van der Waals surface area contributed by atoms with E-state index in [0.29, 0.717) is 11.8 Å². The number of hydrogen-bond donors (Lipinski definition) is 6. The normalized spacial score (nSPS) is 21.4. The minimum atomic E-state index is 0.0239. The molecule has 0 saturated heterocycles. The van der Waals surface area contributed by atoms with Crippen molar-refractivity contribution in [1.82, 2.24) is 29.9 Å². The number of hydrogen-bond acceptors (Lipinski definition) is 0. The Hall–Kier alpha value is -4.32. The predicted octanol–water partition coefficient (Wildman–Crippen LogP) is 8.63. The van der Waals surface area contributed by atoms with Crippen LogP contribution in [0.5, 0.6) is 0 Å². The lowest BCUT2D eigenvalue weighted by atomic mass is 9.61. The van der Waals surface area contributed by atoms with Gasteiger partial charge in [-0.3, -0.25) is 0 Å². The summed E-state index contributed by atoms with van der Waals surface area (Å²) in [5.74, 6) is 0.970. The maximum atomic E-state index is 3.49. The van der Waals surface area contributed by atoms with Gasteiger partial charge < -0.3 is 29.9 Å². The SMILES string of the molecule is c1c[nH]c([C@@H]2CCCCC2(c2ccc[nH]2)c2ccc[nH]2)c1.c1c[nH]c([C@@H]2CCCCC2(c2ccc[nH]2)c2ccc[nH]2)c1. The van der Waals surface area contributed by atoms with Crippen LogP contribution in [0, 0.1) is 0 Å². The Balaban J connectivity index is 0.000000137. The van der Waals surface area contributed by atoms with Crippen LogP contribution in [-0.4, -0.2) is 29.9 Å². The fourth-order valence-electron chi connectivity index (χ4n) is 8.32. The number of nitrogens with one attached hydrogen (secondary N) is 6. The van der Waals surface area contributed by atoms with Gasteiger partial charge >= 0.3 is 0 Å². The maximum absolute atomic E-state index is 3.49. The van der Waals surface area contributed by atoms with E-state index in [1.807, 2.05) is 37.2 Å². The Morgan fingerprint density at radius 1 is 0.405 bits per heavy atom. The largest absolute Gasteiger partial charge is 0.365 e. The van der Waals surface area contributed by atoms with Gasteiger partial charge in [-0.05, 0) is 98.5 Å². The van der Waals surface area contributed by atoms with Gasteiger partial charge in [0.05, 0.1) is 10.8 Å². The molecule has 0 radical (unpaired) electrons. The van der Waals surface area contributed by atoms with Gasteiger partial charge in [0.25, 0.3) is 0 Å². The molecular weight excluding hydrogens is 516 g/mol. The van der Waals surface area contributed by atoms with Gasteiger partial charge in [-0.15, -0.1) is 0 Å². The summed E-state index contributed by atoms with van der Waals surface area (Å²) in [6.45, 7) is 0. The first-order chi connectivity index (χ1) is 20.8. The van der Waals surface area contributed by atoms with Crippen molar-refractivity contribution >= 4 is 0 Å². The summed E-state index contributed by atoms with van der Waals surface area (Å²) in [6.07, 6.45) is 22.2. The smallest absolute Gasteiger partial charge is 0.0585 e. The monoisotopic (exact) mass is 558 g/mol. The highest BCUT2D eigenvalue weighted by molar-refractivity contribution is 5.40. The lowest BCUT2D eigenvalue weighted by molar-refractivity contribution is 0.280. The maximum Gasteiger partial charge on any atom is 0.0585 e. The molecule has 0 aromatic carbocycles. The van der Waals surface area contributed by atoms with E-state index in [-0.39, 0.29) is 10.8 Å². The van der Waals surface area contributed by atoms with Crippen LogP contribution < -0.4 is 0 Å². The van der Waals surface area contributed by atoms with Crippen LogP contribution in [0.2, 0.25) is 0 Å². The van der Waals surface area contributed by atoms with Crippen molar-refractivity contribution < 1.29 is 0 Å². The minimum Gasteiger partial charge on any atom is -0.365 e. The van der Waals surface area contributed by atoms with E-state index in [9.17, 15) is 0 Å². The van der Waals surface area contributed by atoms with E-state index in [2.05, 4.69) is 103 Å². The number of aromatic nitrogens is 6. The Bertz CT molecular complexity index is 1380. The van der Waals surface area contributed by atoms with Crippen molar-refractivity contribution in [2.24, 2.45) is 0 Å². The Labute approximate surface area is 247 Å². The van der Waals surface area contributed by atoms with E-state index in [1.54, 1.807) is 0 Å². The Kier molecular flexibility index (Phi) is 7.28. The second-order valence-electron chi connectivity index (χ2n) is 12.1. The van der Waals surface area contributed by atoms with E-state index < -0.39 is 0 Å². The highest BCUT2D eigenvalue weighted by Crippen LogP contribution is 2.53. The van der Waals surface area contributed by atoms with E-state index >= 15 is 0 Å². The summed E-state index contributed by atoms with van der Waals surface area (Å²) >= 11 is 0. The van der Waals surface area contributed by atoms with Crippen LogP contribution in [0.3, 0.4) is 0 Å². The fourth-order valence-corrected chi connectivity index (χ4v) is 8.32. The van der Waals surface area contributed by atoms with Gasteiger partial charge in [0, 0.05) is 83.2 Å². The van der Waals surface area contributed by atoms with Gasteiger partial charge in [0.1, 0.15) is 0 Å². The Morgan fingerprint density at radius 3 is 1.02 bits per heavy atom. The molecule has 6 heterocycles. The molecule has 2 aliphatic carbocycles. The topological polar surface area (TPSA) is 94.7 Å². The van der Waals surface area contributed by atoms with E-state index in [1.165, 1.54) is 85.5 Å². The van der Waals surface area contributed by atoms with Crippen molar-refractivity contribution in [3.05, 3.63) is 144 Å². The van der Waals surface area contributed by atoms with Crippen molar-refractivity contribution in [3.8, 4) is 0 Å². The number of rotatable bonds is 6. The zero-order valence-corrected chi connectivity index (χ0v) is 24.2. The molecular formula is C36H42N6. The molecule has 6 aromatic heterocycles. The van der Waals surface area contributed by atoms with Crippen molar-refractivity contribution in [3.63, 3.8) is 0 Å². The third-order valence-corrected chi connectivity index (χ3v) is 10.1. The quantitative estimate of drug-likeness (QED) is 0.118. The summed E-state index contributed by atoms with van der Waals surface area (Å²) in [4.78, 5) is 20.9. The highest BCUT2D eigenvalue weighted by atomic mass is 14.8. The molecule has 6 N–H and O–H groups in total. The molecule has 0 aliphatic heterocycles. The average Bonchev–Trinajstić information content (AvgIpc) is 3.91. The zero-order chi connectivity index (χ0) is 28.2. The predicted molar refractivity (Wildman–Crippen MR) is 169 cm³/mol. The van der Waals surface area contributed by atoms with Crippen molar-refractivity contribution in [2.45, 2.75) is 74.0 Å². The van der Waals surface area contributed by atoms with E-state index in [0.717, 1.165) is 0 Å². The molecule has 2 saturated carbocycles. The van der Waals surface area contributed by atoms with Crippen LogP contribution in [0.25, 0.3) is 0 Å². The first kappa shape index (κ1) is 26.6. The molecule has 6 aromatic rings. The van der Waals surface area contributed by atoms with Crippen molar-refractivity contribution in [1.29, 1.82) is 0 Å². The van der Waals surface area contributed by atoms with Crippen LogP contribution in [0.4, 0.5) is 0 Å². The molecule has 0 spiro atoms. The minimum absolute atomic E-state index is 0.0239. The molecule has 6 nitrogen and oxygen atoms in total. The molecule has 6 heteroatoms. The number of H-pyrrole nitrogens is 6. The summed E-state index contributed by atoms with van der Waals surface area (Å²) in [7, 11) is 0. The lowest BCUT2D eigenvalue weighted by Gasteiger charge is -2.43. The van der Waals surface area contributed by atoms with Gasteiger partial charge in [0.15, 0.2) is 0 Å². The first-order valence-electron chi connectivity index (χ1n) is 15.6. The molecule has 42 heavy (non-hydrogen) atoms.